The number of nitrogens with one attached hydrogen (secondary N) is 2. The molecule has 0 radical (unpaired) electrons. The molecule has 1 saturated carbocycles. The smallest absolute Gasteiger partial charge is 0.228 e. The number of aliphatic imine (C=N–C) groups is 1. The van der Waals surface area contributed by atoms with E-state index in [4.69, 9.17) is 4.98 Å². The number of aromatic nitrogens is 1. The molecule has 1 aromatic carbocycles. The Bertz CT molecular complexity index is 1540. The molecule has 230 valence electrons. The second-order valence-electron chi connectivity index (χ2n) is 13.2. The number of fused-ring (bicyclic) bond motifs is 2. The van der Waals surface area contributed by atoms with Crippen LogP contribution in [-0.4, -0.2) is 51.6 Å². The van der Waals surface area contributed by atoms with Crippen LogP contribution in [0.4, 0.5) is 8.78 Å². The van der Waals surface area contributed by atoms with Crippen LogP contribution >= 0.6 is 0 Å². The van der Waals surface area contributed by atoms with E-state index in [2.05, 4.69) is 40.4 Å². The first kappa shape index (κ1) is 31.2. The molecule has 7 nitrogen and oxygen atoms in total. The maximum absolute atomic E-state index is 14.3. The van der Waals surface area contributed by atoms with Crippen LogP contribution in [0.2, 0.25) is 0 Å². The van der Waals surface area contributed by atoms with E-state index in [1.165, 1.54) is 12.1 Å². The number of rotatable bonds is 8. The Morgan fingerprint density at radius 1 is 1.21 bits per heavy atom. The van der Waals surface area contributed by atoms with Crippen molar-refractivity contribution < 1.29 is 18.7 Å². The van der Waals surface area contributed by atoms with Crippen molar-refractivity contribution in [3.63, 3.8) is 0 Å². The summed E-state index contributed by atoms with van der Waals surface area (Å²) >= 11 is 0. The van der Waals surface area contributed by atoms with Gasteiger partial charge in [-0.1, -0.05) is 18.2 Å². The van der Waals surface area contributed by atoms with Crippen molar-refractivity contribution in [3.05, 3.63) is 76.4 Å². The summed E-state index contributed by atoms with van der Waals surface area (Å²) in [6.07, 6.45) is 10.5. The molecule has 2 fully saturated rings. The first-order valence-corrected chi connectivity index (χ1v) is 15.0. The van der Waals surface area contributed by atoms with Crippen molar-refractivity contribution in [1.29, 1.82) is 0 Å². The van der Waals surface area contributed by atoms with E-state index < -0.39 is 34.4 Å². The molecule has 3 aliphatic rings. The fourth-order valence-corrected chi connectivity index (χ4v) is 7.15. The molecule has 1 amide bonds. The molecule has 2 aromatic rings. The van der Waals surface area contributed by atoms with Crippen molar-refractivity contribution in [1.82, 2.24) is 20.5 Å². The van der Waals surface area contributed by atoms with Gasteiger partial charge in [0, 0.05) is 25.4 Å². The zero-order valence-electron chi connectivity index (χ0n) is 25.7. The molecule has 1 aliphatic heterocycles. The predicted molar refractivity (Wildman–Crippen MR) is 165 cm³/mol. The number of hydrogen-bond donors (Lipinski definition) is 3. The van der Waals surface area contributed by atoms with Crippen LogP contribution in [0.1, 0.15) is 65.0 Å². The van der Waals surface area contributed by atoms with E-state index in [-0.39, 0.29) is 23.9 Å². The first-order chi connectivity index (χ1) is 20.3. The number of aliphatic hydroxyl groups excluding tert-OH is 1. The van der Waals surface area contributed by atoms with Crippen LogP contribution in [-0.2, 0) is 16.9 Å². The molecule has 9 heteroatoms. The Morgan fingerprint density at radius 2 is 1.88 bits per heavy atom. The summed E-state index contributed by atoms with van der Waals surface area (Å²) in [6.45, 7) is 14.1. The average Bonchev–Trinajstić information content (AvgIpc) is 3.30. The topological polar surface area (TPSA) is 89.9 Å². The number of pyridine rings is 1. The third-order valence-electron chi connectivity index (χ3n) is 9.60. The minimum Gasteiger partial charge on any atom is -0.376 e. The Kier molecular flexibility index (Phi) is 8.46. The van der Waals surface area contributed by atoms with Crippen molar-refractivity contribution in [2.24, 2.45) is 22.2 Å². The normalized spacial score (nSPS) is 30.6. The van der Waals surface area contributed by atoms with Crippen LogP contribution in [0.15, 0.2) is 48.1 Å². The summed E-state index contributed by atoms with van der Waals surface area (Å²) in [7, 11) is 0. The van der Waals surface area contributed by atoms with Gasteiger partial charge in [0.05, 0.1) is 21.8 Å². The number of hydrogen-bond acceptors (Lipinski definition) is 6. The maximum Gasteiger partial charge on any atom is 0.228 e. The van der Waals surface area contributed by atoms with Gasteiger partial charge in [-0.25, -0.2) is 8.78 Å². The fourth-order valence-electron chi connectivity index (χ4n) is 7.15. The predicted octanol–water partition coefficient (Wildman–Crippen LogP) is 3.49. The second-order valence-corrected chi connectivity index (χ2v) is 13.2. The number of halogens is 2. The second kappa shape index (κ2) is 11.7. The van der Waals surface area contributed by atoms with Crippen LogP contribution in [0.5, 0.6) is 0 Å². The maximum atomic E-state index is 14.3. The Labute approximate surface area is 252 Å². The molecule has 6 unspecified atom stereocenters. The van der Waals surface area contributed by atoms with E-state index in [0.29, 0.717) is 37.9 Å². The molecule has 43 heavy (non-hydrogen) atoms. The quantitative estimate of drug-likeness (QED) is 0.323. The number of nitrogens with zero attached hydrogens (tertiary/aromatic N) is 3. The molecular formula is C34H43F2N5O2. The van der Waals surface area contributed by atoms with Crippen LogP contribution in [0.3, 0.4) is 0 Å². The molecule has 0 spiro atoms. The number of aliphatic hydroxyl groups is 1. The molecular weight excluding hydrogens is 548 g/mol. The summed E-state index contributed by atoms with van der Waals surface area (Å²) in [6, 6.07) is 5.60. The van der Waals surface area contributed by atoms with Gasteiger partial charge in [0.25, 0.3) is 0 Å². The summed E-state index contributed by atoms with van der Waals surface area (Å²) in [5.74, 6) is -0.956. The zero-order valence-corrected chi connectivity index (χ0v) is 25.7. The van der Waals surface area contributed by atoms with Gasteiger partial charge >= 0.3 is 0 Å². The lowest BCUT2D eigenvalue weighted by Crippen LogP contribution is -2.70. The van der Waals surface area contributed by atoms with Crippen molar-refractivity contribution in [2.45, 2.75) is 83.9 Å². The number of benzene rings is 1. The number of amides is 1. The molecule has 6 atom stereocenters. The van der Waals surface area contributed by atoms with Gasteiger partial charge < -0.3 is 15.7 Å². The number of carbonyl (C=O) groups excluding carboxylic acids is 1. The number of allylic oxidation sites excluding steroid dienone is 1. The molecule has 0 bridgehead atoms. The minimum absolute atomic E-state index is 0.00258. The molecule has 2 heterocycles. The fraction of sp³-hybridized carbons (Fsp3) is 0.500. The molecule has 1 saturated heterocycles. The first-order valence-electron chi connectivity index (χ1n) is 15.0. The van der Waals surface area contributed by atoms with Gasteiger partial charge in [0.1, 0.15) is 24.0 Å². The molecule has 3 N–H and O–H groups in total. The third kappa shape index (κ3) is 5.95. The highest BCUT2D eigenvalue weighted by atomic mass is 19.1. The molecule has 1 aromatic heterocycles. The van der Waals surface area contributed by atoms with Crippen molar-refractivity contribution >= 4 is 24.3 Å². The minimum atomic E-state index is -0.944. The van der Waals surface area contributed by atoms with Crippen LogP contribution in [0.25, 0.3) is 12.2 Å². The highest BCUT2D eigenvalue weighted by Gasteiger charge is 2.50. The van der Waals surface area contributed by atoms with Gasteiger partial charge in [-0.2, -0.15) is 0 Å². The van der Waals surface area contributed by atoms with E-state index in [1.807, 2.05) is 45.6 Å². The van der Waals surface area contributed by atoms with Gasteiger partial charge in [-0.05, 0) is 106 Å². The van der Waals surface area contributed by atoms with Gasteiger partial charge in [0.2, 0.25) is 5.91 Å². The highest BCUT2D eigenvalue weighted by Crippen LogP contribution is 2.50. The van der Waals surface area contributed by atoms with E-state index in [9.17, 15) is 18.7 Å². The summed E-state index contributed by atoms with van der Waals surface area (Å²) in [5.41, 5.74) is -0.788. The summed E-state index contributed by atoms with van der Waals surface area (Å²) in [5, 5.41) is 19.8. The zero-order chi connectivity index (χ0) is 31.2. The van der Waals surface area contributed by atoms with Crippen LogP contribution in [0, 0.1) is 28.9 Å². The largest absolute Gasteiger partial charge is 0.376 e. The molecule has 2 aliphatic carbocycles. The number of carbonyl (C=O) groups is 1. The Morgan fingerprint density at radius 3 is 2.53 bits per heavy atom. The third-order valence-corrected chi connectivity index (χ3v) is 9.60. The average molecular weight is 592 g/mol. The Balaban J connectivity index is 1.45. The van der Waals surface area contributed by atoms with E-state index >= 15 is 0 Å². The molecule has 5 rings (SSSR count). The van der Waals surface area contributed by atoms with Crippen molar-refractivity contribution in [3.8, 4) is 0 Å². The Hall–Kier alpha value is -3.27. The summed E-state index contributed by atoms with van der Waals surface area (Å²) < 4.78 is 28.6. The lowest BCUT2D eigenvalue weighted by atomic mass is 9.80. The van der Waals surface area contributed by atoms with Gasteiger partial charge in [0.15, 0.2) is 0 Å². The summed E-state index contributed by atoms with van der Waals surface area (Å²) in [4.78, 5) is 24.5. The van der Waals surface area contributed by atoms with Crippen molar-refractivity contribution in [2.75, 3.05) is 6.54 Å². The monoisotopic (exact) mass is 591 g/mol. The highest BCUT2D eigenvalue weighted by molar-refractivity contribution is 5.84. The van der Waals surface area contributed by atoms with E-state index in [1.54, 1.807) is 12.4 Å². The lowest BCUT2D eigenvalue weighted by molar-refractivity contribution is -0.145. The van der Waals surface area contributed by atoms with Gasteiger partial charge in [-0.15, -0.1) is 6.58 Å². The SMILES string of the molecule is C=CCC1(C(=O)NC(C)N=CC)CC2C=c3cc(CN4C(O)C(C)(C)NCC4(C)c4cc(F)cc(F)c4)cnc3=CC2C1. The number of piperazine rings is 1. The van der Waals surface area contributed by atoms with Gasteiger partial charge in [-0.3, -0.25) is 19.7 Å². The van der Waals surface area contributed by atoms with Crippen LogP contribution < -0.4 is 21.2 Å². The lowest BCUT2D eigenvalue weighted by Gasteiger charge is -2.54. The van der Waals surface area contributed by atoms with E-state index in [0.717, 1.165) is 22.2 Å². The standard InChI is InChI=1S/C34H43F2N5O2/c1-7-9-34(30(42)40-21(3)37-8-2)16-24-11-23-10-22(18-38-29(23)12-25(24)17-34)19-41-31(43)32(4,5)39-20-33(41,6)26-13-27(35)15-28(36)14-26/h7-8,10-15,18,21,24-25,31,39,43H,1,9,16-17,19-20H2,2-6H3,(H,40,42).